The third-order valence-electron chi connectivity index (χ3n) is 1.70. The first-order valence-corrected chi connectivity index (χ1v) is 4.17. The molecule has 0 aromatic heterocycles. The predicted molar refractivity (Wildman–Crippen MR) is 50.8 cm³/mol. The van der Waals surface area contributed by atoms with Crippen molar-refractivity contribution in [2.24, 2.45) is 5.92 Å². The fourth-order valence-corrected chi connectivity index (χ4v) is 0.449. The molecule has 68 valence electrons. The molecule has 0 spiro atoms. The van der Waals surface area contributed by atoms with Gasteiger partial charge >= 0.3 is 0 Å². The largest absolute Gasteiger partial charge is 0.296 e. The Bertz CT molecular complexity index is 208. The topological polar surface area (TPSA) is 20.3 Å². The zero-order chi connectivity index (χ0) is 9.72. The van der Waals surface area contributed by atoms with Crippen molar-refractivity contribution in [3.8, 4) is 11.8 Å². The molecule has 0 aliphatic rings. The quantitative estimate of drug-likeness (QED) is 0.454. The van der Waals surface area contributed by atoms with Crippen LogP contribution in [0.15, 0.2) is 0 Å². The average Bonchev–Trinajstić information content (AvgIpc) is 1.98. The molecule has 0 aliphatic heterocycles. The Hall–Kier alpha value is -0.810. The summed E-state index contributed by atoms with van der Waals surface area (Å²) < 4.78 is 0. The molecule has 1 atom stereocenters. The number of rotatable bonds is 2. The summed E-state index contributed by atoms with van der Waals surface area (Å²) >= 11 is 0. The first-order chi connectivity index (χ1) is 5.45. The lowest BCUT2D eigenvalue weighted by Crippen LogP contribution is -2.23. The van der Waals surface area contributed by atoms with Gasteiger partial charge in [0.1, 0.15) is 0 Å². The van der Waals surface area contributed by atoms with Crippen molar-refractivity contribution in [3.05, 3.63) is 0 Å². The molecule has 0 aromatic rings. The van der Waals surface area contributed by atoms with Crippen molar-refractivity contribution in [3.63, 3.8) is 0 Å². The van der Waals surface area contributed by atoms with Crippen LogP contribution < -0.4 is 0 Å². The zero-order valence-corrected chi connectivity index (χ0v) is 8.51. The van der Waals surface area contributed by atoms with E-state index in [2.05, 4.69) is 11.8 Å². The van der Waals surface area contributed by atoms with E-state index in [0.29, 0.717) is 0 Å². The van der Waals surface area contributed by atoms with Gasteiger partial charge in [-0.05, 0) is 26.9 Å². The van der Waals surface area contributed by atoms with Gasteiger partial charge in [-0.2, -0.15) is 0 Å². The molecule has 0 aromatic carbocycles. The number of carbonyl (C=O) groups excluding carboxylic acids is 1. The number of Topliss-reactive ketones (excluding diaryl/α,β-unsaturated/α-hetero) is 1. The van der Waals surface area contributed by atoms with Gasteiger partial charge in [0.15, 0.2) is 0 Å². The smallest absolute Gasteiger partial charge is 0.208 e. The van der Waals surface area contributed by atoms with Crippen molar-refractivity contribution >= 4 is 5.78 Å². The number of hydrogen-bond donors (Lipinski definition) is 0. The Morgan fingerprint density at radius 3 is 2.08 bits per heavy atom. The highest BCUT2D eigenvalue weighted by Gasteiger charge is 2.03. The standard InChI is InChI=1S/C10H17NO/c1-8(2)10(12)7-6-9(3)11(4)5/h8-9H,1-5H3. The van der Waals surface area contributed by atoms with Crippen LogP contribution in [-0.4, -0.2) is 30.8 Å². The minimum Gasteiger partial charge on any atom is -0.296 e. The third kappa shape index (κ3) is 4.15. The predicted octanol–water partition coefficient (Wildman–Crippen LogP) is 1.17. The van der Waals surface area contributed by atoms with Crippen LogP contribution in [0.4, 0.5) is 0 Å². The molecule has 2 nitrogen and oxygen atoms in total. The Balaban J connectivity index is 4.12. The van der Waals surface area contributed by atoms with Gasteiger partial charge in [-0.25, -0.2) is 0 Å². The molecule has 1 unspecified atom stereocenters. The summed E-state index contributed by atoms with van der Waals surface area (Å²) in [5, 5.41) is 0. The fourth-order valence-electron chi connectivity index (χ4n) is 0.449. The lowest BCUT2D eigenvalue weighted by atomic mass is 10.1. The van der Waals surface area contributed by atoms with Crippen LogP contribution in [0.25, 0.3) is 0 Å². The van der Waals surface area contributed by atoms with Gasteiger partial charge in [-0.1, -0.05) is 19.8 Å². The van der Waals surface area contributed by atoms with Crippen LogP contribution in [0.5, 0.6) is 0 Å². The summed E-state index contributed by atoms with van der Waals surface area (Å²) in [6.45, 7) is 5.69. The molecular formula is C10H17NO. The maximum Gasteiger partial charge on any atom is 0.208 e. The van der Waals surface area contributed by atoms with Gasteiger partial charge in [0, 0.05) is 5.92 Å². The van der Waals surface area contributed by atoms with E-state index < -0.39 is 0 Å². The summed E-state index contributed by atoms with van der Waals surface area (Å²) in [6, 6.07) is 0.146. The van der Waals surface area contributed by atoms with Crippen molar-refractivity contribution in [2.75, 3.05) is 14.1 Å². The summed E-state index contributed by atoms with van der Waals surface area (Å²) in [5.41, 5.74) is 0. The maximum absolute atomic E-state index is 11.1. The molecule has 0 heterocycles. The highest BCUT2D eigenvalue weighted by atomic mass is 16.1. The van der Waals surface area contributed by atoms with E-state index in [1.807, 2.05) is 39.8 Å². The SMILES string of the molecule is CC(C)C(=O)C#CC(C)N(C)C. The number of hydrogen-bond acceptors (Lipinski definition) is 2. The number of ketones is 1. The van der Waals surface area contributed by atoms with E-state index in [1.54, 1.807) is 0 Å². The van der Waals surface area contributed by atoms with Gasteiger partial charge in [-0.15, -0.1) is 0 Å². The molecular weight excluding hydrogens is 150 g/mol. The van der Waals surface area contributed by atoms with Crippen LogP contribution in [0.3, 0.4) is 0 Å². The minimum absolute atomic E-state index is 0.0173. The van der Waals surface area contributed by atoms with E-state index in [-0.39, 0.29) is 17.7 Å². The van der Waals surface area contributed by atoms with Crippen LogP contribution in [0, 0.1) is 17.8 Å². The van der Waals surface area contributed by atoms with Gasteiger partial charge in [0.2, 0.25) is 5.78 Å². The van der Waals surface area contributed by atoms with Gasteiger partial charge in [0.05, 0.1) is 6.04 Å². The van der Waals surface area contributed by atoms with Crippen LogP contribution >= 0.6 is 0 Å². The monoisotopic (exact) mass is 167 g/mol. The molecule has 0 amide bonds. The third-order valence-corrected chi connectivity index (χ3v) is 1.70. The Morgan fingerprint density at radius 1 is 1.25 bits per heavy atom. The van der Waals surface area contributed by atoms with Gasteiger partial charge in [-0.3, -0.25) is 9.69 Å². The lowest BCUT2D eigenvalue weighted by molar-refractivity contribution is -0.116. The van der Waals surface area contributed by atoms with Crippen molar-refractivity contribution in [1.29, 1.82) is 0 Å². The molecule has 0 saturated heterocycles. The fraction of sp³-hybridized carbons (Fsp3) is 0.700. The van der Waals surface area contributed by atoms with E-state index in [1.165, 1.54) is 0 Å². The minimum atomic E-state index is 0.0173. The Kier molecular flexibility index (Phi) is 4.61. The average molecular weight is 167 g/mol. The zero-order valence-electron chi connectivity index (χ0n) is 8.51. The molecule has 0 N–H and O–H groups in total. The highest BCUT2D eigenvalue weighted by molar-refractivity contribution is 5.96. The number of carbonyl (C=O) groups is 1. The summed E-state index contributed by atoms with van der Waals surface area (Å²) in [4.78, 5) is 13.1. The second-order valence-electron chi connectivity index (χ2n) is 3.43. The summed E-state index contributed by atoms with van der Waals surface area (Å²) in [6.07, 6.45) is 0. The van der Waals surface area contributed by atoms with E-state index in [9.17, 15) is 4.79 Å². The normalized spacial score (nSPS) is 12.6. The van der Waals surface area contributed by atoms with E-state index >= 15 is 0 Å². The summed E-state index contributed by atoms with van der Waals surface area (Å²) in [7, 11) is 3.89. The van der Waals surface area contributed by atoms with Gasteiger partial charge < -0.3 is 0 Å². The highest BCUT2D eigenvalue weighted by Crippen LogP contribution is 1.93. The second-order valence-corrected chi connectivity index (χ2v) is 3.43. The number of nitrogens with zero attached hydrogens (tertiary/aromatic N) is 1. The molecule has 0 rings (SSSR count). The molecule has 0 fully saturated rings. The van der Waals surface area contributed by atoms with Gasteiger partial charge in [0.25, 0.3) is 0 Å². The molecule has 0 aliphatic carbocycles. The van der Waals surface area contributed by atoms with Crippen molar-refractivity contribution in [1.82, 2.24) is 4.90 Å². The van der Waals surface area contributed by atoms with Crippen molar-refractivity contribution < 1.29 is 4.79 Å². The summed E-state index contributed by atoms with van der Waals surface area (Å²) in [5.74, 6) is 5.56. The molecule has 12 heavy (non-hydrogen) atoms. The first-order valence-electron chi connectivity index (χ1n) is 4.17. The molecule has 2 heteroatoms. The van der Waals surface area contributed by atoms with Crippen molar-refractivity contribution in [2.45, 2.75) is 26.8 Å². The van der Waals surface area contributed by atoms with Crippen LogP contribution in [0.1, 0.15) is 20.8 Å². The Labute approximate surface area is 74.9 Å². The van der Waals surface area contributed by atoms with Crippen LogP contribution in [0.2, 0.25) is 0 Å². The lowest BCUT2D eigenvalue weighted by Gasteiger charge is -2.12. The molecule has 0 bridgehead atoms. The van der Waals surface area contributed by atoms with Crippen LogP contribution in [-0.2, 0) is 4.79 Å². The second kappa shape index (κ2) is 4.95. The molecule has 0 saturated carbocycles. The van der Waals surface area contributed by atoms with E-state index in [4.69, 9.17) is 0 Å². The first kappa shape index (κ1) is 11.2. The maximum atomic E-state index is 11.1. The Morgan fingerprint density at radius 2 is 1.75 bits per heavy atom. The molecule has 0 radical (unpaired) electrons. The van der Waals surface area contributed by atoms with E-state index in [0.717, 1.165) is 0 Å².